The summed E-state index contributed by atoms with van der Waals surface area (Å²) in [4.78, 5) is 15.2. The average Bonchev–Trinajstić information content (AvgIpc) is 3.35. The summed E-state index contributed by atoms with van der Waals surface area (Å²) in [6.45, 7) is 5.34. The topological polar surface area (TPSA) is 34.5 Å². The molecule has 1 aromatic carbocycles. The van der Waals surface area contributed by atoms with Crippen LogP contribution in [0.2, 0.25) is 10.0 Å². The SMILES string of the molecule is Cc1cc(/C=C2\SC(=S)N(C[C@H]3CCCO3)C2=O)c(C)n1-c1ccc(Cl)c(Cl)c1. The number of ether oxygens (including phenoxy) is 1. The van der Waals surface area contributed by atoms with Crippen molar-refractivity contribution in [1.82, 2.24) is 9.47 Å². The second-order valence-electron chi connectivity index (χ2n) is 7.19. The zero-order valence-electron chi connectivity index (χ0n) is 16.1. The van der Waals surface area contributed by atoms with Crippen molar-refractivity contribution in [3.8, 4) is 5.69 Å². The smallest absolute Gasteiger partial charge is 0.266 e. The van der Waals surface area contributed by atoms with Gasteiger partial charge < -0.3 is 9.30 Å². The van der Waals surface area contributed by atoms with E-state index in [4.69, 9.17) is 40.2 Å². The van der Waals surface area contributed by atoms with Crippen molar-refractivity contribution in [2.75, 3.05) is 13.2 Å². The second kappa shape index (κ2) is 8.44. The highest BCUT2D eigenvalue weighted by atomic mass is 35.5. The van der Waals surface area contributed by atoms with Gasteiger partial charge in [0.25, 0.3) is 5.91 Å². The Morgan fingerprint density at radius 3 is 2.76 bits per heavy atom. The van der Waals surface area contributed by atoms with E-state index in [2.05, 4.69) is 10.6 Å². The van der Waals surface area contributed by atoms with Gasteiger partial charge in [-0.2, -0.15) is 0 Å². The standard InChI is InChI=1S/C21H20Cl2N2O2S2/c1-12-8-14(13(2)25(12)15-5-6-17(22)18(23)10-15)9-19-20(26)24(21(28)29-19)11-16-4-3-7-27-16/h5-6,8-10,16H,3-4,7,11H2,1-2H3/b19-9-/t16-/m1/s1. The van der Waals surface area contributed by atoms with Gasteiger partial charge in [0.15, 0.2) is 0 Å². The molecule has 2 aromatic rings. The minimum absolute atomic E-state index is 0.0464. The van der Waals surface area contributed by atoms with Crippen LogP contribution in [0.5, 0.6) is 0 Å². The van der Waals surface area contributed by atoms with Crippen LogP contribution in [0.1, 0.15) is 29.8 Å². The number of halogens is 2. The van der Waals surface area contributed by atoms with E-state index in [9.17, 15) is 4.79 Å². The molecule has 4 rings (SSSR count). The summed E-state index contributed by atoms with van der Waals surface area (Å²) in [7, 11) is 0. The van der Waals surface area contributed by atoms with E-state index in [1.54, 1.807) is 11.0 Å². The number of benzene rings is 1. The molecular weight excluding hydrogens is 447 g/mol. The zero-order valence-corrected chi connectivity index (χ0v) is 19.2. The summed E-state index contributed by atoms with van der Waals surface area (Å²) in [5.41, 5.74) is 3.97. The highest BCUT2D eigenvalue weighted by Crippen LogP contribution is 2.35. The minimum Gasteiger partial charge on any atom is -0.376 e. The third kappa shape index (κ3) is 4.14. The first-order chi connectivity index (χ1) is 13.8. The molecule has 2 saturated heterocycles. The van der Waals surface area contributed by atoms with Crippen molar-refractivity contribution in [3.05, 3.63) is 56.2 Å². The molecule has 0 aliphatic carbocycles. The molecule has 29 heavy (non-hydrogen) atoms. The van der Waals surface area contributed by atoms with Crippen molar-refractivity contribution in [3.63, 3.8) is 0 Å². The van der Waals surface area contributed by atoms with Crippen molar-refractivity contribution >= 4 is 63.5 Å². The number of hydrogen-bond acceptors (Lipinski definition) is 4. The predicted octanol–water partition coefficient (Wildman–Crippen LogP) is 5.78. The highest BCUT2D eigenvalue weighted by molar-refractivity contribution is 8.26. The van der Waals surface area contributed by atoms with Gasteiger partial charge in [-0.25, -0.2) is 0 Å². The van der Waals surface area contributed by atoms with Gasteiger partial charge in [-0.15, -0.1) is 0 Å². The van der Waals surface area contributed by atoms with Crippen LogP contribution in [-0.4, -0.2) is 39.0 Å². The summed E-state index contributed by atoms with van der Waals surface area (Å²) in [6.07, 6.45) is 4.01. The largest absolute Gasteiger partial charge is 0.376 e. The van der Waals surface area contributed by atoms with Gasteiger partial charge >= 0.3 is 0 Å². The van der Waals surface area contributed by atoms with Gasteiger partial charge in [0, 0.05) is 23.7 Å². The number of aromatic nitrogens is 1. The first kappa shape index (κ1) is 20.9. The molecule has 3 heterocycles. The molecule has 0 radical (unpaired) electrons. The third-order valence-electron chi connectivity index (χ3n) is 5.20. The molecule has 152 valence electrons. The fourth-order valence-electron chi connectivity index (χ4n) is 3.75. The monoisotopic (exact) mass is 466 g/mol. The predicted molar refractivity (Wildman–Crippen MR) is 124 cm³/mol. The molecule has 0 bridgehead atoms. The van der Waals surface area contributed by atoms with Gasteiger partial charge in [0.1, 0.15) is 4.32 Å². The number of thiocarbonyl (C=S) groups is 1. The summed E-state index contributed by atoms with van der Waals surface area (Å²) < 4.78 is 8.36. The molecule has 1 amide bonds. The molecular formula is C21H20Cl2N2O2S2. The molecule has 0 spiro atoms. The maximum Gasteiger partial charge on any atom is 0.266 e. The van der Waals surface area contributed by atoms with E-state index in [1.807, 2.05) is 32.1 Å². The van der Waals surface area contributed by atoms with E-state index < -0.39 is 0 Å². The van der Waals surface area contributed by atoms with Crippen LogP contribution in [0.25, 0.3) is 11.8 Å². The van der Waals surface area contributed by atoms with E-state index in [-0.39, 0.29) is 12.0 Å². The third-order valence-corrected chi connectivity index (χ3v) is 7.32. The fourth-order valence-corrected chi connectivity index (χ4v) is 5.30. The average molecular weight is 467 g/mol. The van der Waals surface area contributed by atoms with Gasteiger partial charge in [-0.05, 0) is 62.6 Å². The zero-order chi connectivity index (χ0) is 20.7. The van der Waals surface area contributed by atoms with E-state index in [1.165, 1.54) is 11.8 Å². The number of hydrogen-bond donors (Lipinski definition) is 0. The molecule has 1 aromatic heterocycles. The Hall–Kier alpha value is -1.31. The normalized spacial score (nSPS) is 21.0. The number of thioether (sulfide) groups is 1. The van der Waals surface area contributed by atoms with Crippen LogP contribution in [0.15, 0.2) is 29.2 Å². The molecule has 4 nitrogen and oxygen atoms in total. The van der Waals surface area contributed by atoms with Crippen LogP contribution in [0.4, 0.5) is 0 Å². The lowest BCUT2D eigenvalue weighted by atomic mass is 10.2. The molecule has 8 heteroatoms. The quantitative estimate of drug-likeness (QED) is 0.422. The number of rotatable bonds is 4. The van der Waals surface area contributed by atoms with Gasteiger partial charge in [-0.3, -0.25) is 9.69 Å². The van der Waals surface area contributed by atoms with Gasteiger partial charge in [-0.1, -0.05) is 47.2 Å². The summed E-state index contributed by atoms with van der Waals surface area (Å²) in [5, 5.41) is 1.03. The van der Waals surface area contributed by atoms with E-state index >= 15 is 0 Å². The van der Waals surface area contributed by atoms with Crippen LogP contribution >= 0.6 is 47.2 Å². The lowest BCUT2D eigenvalue weighted by Crippen LogP contribution is -2.35. The Labute approximate surface area is 189 Å². The summed E-state index contributed by atoms with van der Waals surface area (Å²) in [6, 6.07) is 7.62. The van der Waals surface area contributed by atoms with Gasteiger partial charge in [0.2, 0.25) is 0 Å². The first-order valence-corrected chi connectivity index (χ1v) is 11.3. The molecule has 2 fully saturated rings. The van der Waals surface area contributed by atoms with E-state index in [0.717, 1.165) is 42.1 Å². The molecule has 0 unspecified atom stereocenters. The molecule has 2 aliphatic heterocycles. The first-order valence-electron chi connectivity index (χ1n) is 9.36. The Morgan fingerprint density at radius 1 is 1.28 bits per heavy atom. The minimum atomic E-state index is -0.0464. The Balaban J connectivity index is 1.62. The Bertz CT molecular complexity index is 1030. The second-order valence-corrected chi connectivity index (χ2v) is 9.68. The van der Waals surface area contributed by atoms with Crippen LogP contribution in [0.3, 0.4) is 0 Å². The summed E-state index contributed by atoms with van der Waals surface area (Å²) in [5.74, 6) is -0.0464. The number of amides is 1. The summed E-state index contributed by atoms with van der Waals surface area (Å²) >= 11 is 19.1. The highest BCUT2D eigenvalue weighted by Gasteiger charge is 2.34. The van der Waals surface area contributed by atoms with Crippen LogP contribution in [0, 0.1) is 13.8 Å². The van der Waals surface area contributed by atoms with E-state index in [0.29, 0.717) is 25.8 Å². The Morgan fingerprint density at radius 2 is 2.07 bits per heavy atom. The molecule has 1 atom stereocenters. The molecule has 2 aliphatic rings. The number of carbonyl (C=O) groups is 1. The number of nitrogens with zero attached hydrogens (tertiary/aromatic N) is 2. The van der Waals surface area contributed by atoms with Crippen LogP contribution < -0.4 is 0 Å². The van der Waals surface area contributed by atoms with Crippen molar-refractivity contribution in [1.29, 1.82) is 0 Å². The van der Waals surface area contributed by atoms with Crippen LogP contribution in [-0.2, 0) is 9.53 Å². The maximum absolute atomic E-state index is 12.9. The van der Waals surface area contributed by atoms with Crippen molar-refractivity contribution < 1.29 is 9.53 Å². The molecule has 0 N–H and O–H groups in total. The number of aryl methyl sites for hydroxylation is 1. The Kier molecular flexibility index (Phi) is 6.09. The van der Waals surface area contributed by atoms with Crippen molar-refractivity contribution in [2.24, 2.45) is 0 Å². The lowest BCUT2D eigenvalue weighted by molar-refractivity contribution is -0.123. The maximum atomic E-state index is 12.9. The van der Waals surface area contributed by atoms with Crippen molar-refractivity contribution in [2.45, 2.75) is 32.8 Å². The number of carbonyl (C=O) groups excluding carboxylic acids is 1. The van der Waals surface area contributed by atoms with Gasteiger partial charge in [0.05, 0.1) is 27.6 Å². The fraction of sp³-hybridized carbons (Fsp3) is 0.333. The lowest BCUT2D eigenvalue weighted by Gasteiger charge is -2.18. The molecule has 0 saturated carbocycles.